The van der Waals surface area contributed by atoms with Gasteiger partial charge in [0.2, 0.25) is 11.8 Å². The molecule has 0 aromatic heterocycles. The Labute approximate surface area is 126 Å². The van der Waals surface area contributed by atoms with E-state index in [0.717, 1.165) is 11.3 Å². The molecule has 1 fully saturated rings. The maximum atomic E-state index is 12.4. The summed E-state index contributed by atoms with van der Waals surface area (Å²) in [5, 5.41) is 5.75. The van der Waals surface area contributed by atoms with E-state index in [9.17, 15) is 9.59 Å². The molecule has 2 rings (SSSR count). The van der Waals surface area contributed by atoms with Crippen molar-refractivity contribution in [2.24, 2.45) is 11.3 Å². The van der Waals surface area contributed by atoms with E-state index in [1.165, 1.54) is 5.56 Å². The molecule has 1 aliphatic carbocycles. The zero-order valence-electron chi connectivity index (χ0n) is 13.2. The molecule has 0 heterocycles. The molecule has 0 radical (unpaired) electrons. The van der Waals surface area contributed by atoms with Crippen LogP contribution in [0.5, 0.6) is 0 Å². The average Bonchev–Trinajstić information content (AvgIpc) is 3.21. The fourth-order valence-corrected chi connectivity index (χ4v) is 2.22. The number of hydrogen-bond acceptors (Lipinski definition) is 2. The fraction of sp³-hybridized carbons (Fsp3) is 0.529. The zero-order chi connectivity index (χ0) is 15.6. The molecule has 4 nitrogen and oxygen atoms in total. The molecular weight excluding hydrogens is 264 g/mol. The van der Waals surface area contributed by atoms with Crippen LogP contribution in [0, 0.1) is 25.2 Å². The molecule has 1 aromatic carbocycles. The normalized spacial score (nSPS) is 15.7. The van der Waals surface area contributed by atoms with Gasteiger partial charge < -0.3 is 10.6 Å². The number of carbonyl (C=O) groups is 2. The molecule has 0 saturated heterocycles. The molecule has 0 unspecified atom stereocenters. The van der Waals surface area contributed by atoms with E-state index in [0.29, 0.717) is 25.3 Å². The maximum absolute atomic E-state index is 12.4. The largest absolute Gasteiger partial charge is 0.355 e. The van der Waals surface area contributed by atoms with Gasteiger partial charge in [-0.1, -0.05) is 19.9 Å². The van der Waals surface area contributed by atoms with E-state index in [4.69, 9.17) is 0 Å². The number of benzene rings is 1. The van der Waals surface area contributed by atoms with Crippen molar-refractivity contribution in [3.63, 3.8) is 0 Å². The van der Waals surface area contributed by atoms with Crippen LogP contribution in [0.15, 0.2) is 18.2 Å². The molecule has 2 amide bonds. The molecular formula is C17H24N2O2. The third-order valence-electron chi connectivity index (χ3n) is 4.05. The smallest absolute Gasteiger partial charge is 0.240 e. The number of anilines is 1. The molecule has 0 atom stereocenters. The minimum Gasteiger partial charge on any atom is -0.355 e. The number of aryl methyl sites for hydroxylation is 2. The molecule has 0 spiro atoms. The molecule has 0 aliphatic heterocycles. The van der Waals surface area contributed by atoms with Gasteiger partial charge in [-0.15, -0.1) is 0 Å². The number of nitrogens with one attached hydrogen (secondary N) is 2. The van der Waals surface area contributed by atoms with Crippen LogP contribution in [0.4, 0.5) is 5.69 Å². The van der Waals surface area contributed by atoms with E-state index < -0.39 is 5.41 Å². The predicted octanol–water partition coefficient (Wildman–Crippen LogP) is 2.79. The molecule has 114 valence electrons. The summed E-state index contributed by atoms with van der Waals surface area (Å²) in [5.74, 6) is 0.0529. The third kappa shape index (κ3) is 3.43. The van der Waals surface area contributed by atoms with Crippen molar-refractivity contribution in [3.05, 3.63) is 29.3 Å². The van der Waals surface area contributed by atoms with Gasteiger partial charge in [0.15, 0.2) is 0 Å². The lowest BCUT2D eigenvalue weighted by Crippen LogP contribution is -2.41. The van der Waals surface area contributed by atoms with Crippen LogP contribution in [0.2, 0.25) is 0 Å². The number of amides is 2. The number of hydrogen-bond donors (Lipinski definition) is 2. The highest BCUT2D eigenvalue weighted by atomic mass is 16.2. The third-order valence-corrected chi connectivity index (χ3v) is 4.05. The second kappa shape index (κ2) is 5.88. The Morgan fingerprint density at radius 3 is 2.33 bits per heavy atom. The molecule has 0 bridgehead atoms. The van der Waals surface area contributed by atoms with E-state index in [1.807, 2.05) is 45.9 Å². The van der Waals surface area contributed by atoms with Crippen molar-refractivity contribution >= 4 is 17.5 Å². The Kier molecular flexibility index (Phi) is 4.35. The molecule has 21 heavy (non-hydrogen) atoms. The lowest BCUT2D eigenvalue weighted by Gasteiger charge is -2.17. The van der Waals surface area contributed by atoms with E-state index in [1.54, 1.807) is 0 Å². The van der Waals surface area contributed by atoms with Gasteiger partial charge in [0.1, 0.15) is 5.41 Å². The summed E-state index contributed by atoms with van der Waals surface area (Å²) in [4.78, 5) is 24.6. The maximum Gasteiger partial charge on any atom is 0.240 e. The second-order valence-electron chi connectivity index (χ2n) is 6.44. The van der Waals surface area contributed by atoms with Crippen molar-refractivity contribution in [1.82, 2.24) is 5.32 Å². The first-order valence-corrected chi connectivity index (χ1v) is 7.52. The topological polar surface area (TPSA) is 58.2 Å². The summed E-state index contributed by atoms with van der Waals surface area (Å²) in [6, 6.07) is 5.79. The highest BCUT2D eigenvalue weighted by molar-refractivity contribution is 6.13. The second-order valence-corrected chi connectivity index (χ2v) is 6.44. The van der Waals surface area contributed by atoms with Crippen LogP contribution in [0.25, 0.3) is 0 Å². The van der Waals surface area contributed by atoms with Crippen molar-refractivity contribution in [1.29, 1.82) is 0 Å². The number of rotatable bonds is 5. The summed E-state index contributed by atoms with van der Waals surface area (Å²) >= 11 is 0. The average molecular weight is 288 g/mol. The minimum atomic E-state index is -0.853. The highest BCUT2D eigenvalue weighted by Crippen LogP contribution is 2.46. The first kappa shape index (κ1) is 15.5. The first-order chi connectivity index (χ1) is 9.85. The van der Waals surface area contributed by atoms with Crippen LogP contribution >= 0.6 is 0 Å². The van der Waals surface area contributed by atoms with Gasteiger partial charge in [-0.25, -0.2) is 0 Å². The van der Waals surface area contributed by atoms with Gasteiger partial charge in [-0.05, 0) is 55.9 Å². The first-order valence-electron chi connectivity index (χ1n) is 7.52. The van der Waals surface area contributed by atoms with Crippen molar-refractivity contribution in [3.8, 4) is 0 Å². The quantitative estimate of drug-likeness (QED) is 0.819. The van der Waals surface area contributed by atoms with Gasteiger partial charge in [0.05, 0.1) is 0 Å². The van der Waals surface area contributed by atoms with Crippen LogP contribution < -0.4 is 10.6 Å². The Morgan fingerprint density at radius 1 is 1.14 bits per heavy atom. The SMILES string of the molecule is Cc1ccc(NC(=O)C2(C(=O)NCC(C)C)CC2)cc1C. The Morgan fingerprint density at radius 2 is 1.81 bits per heavy atom. The number of carbonyl (C=O) groups excluding carboxylic acids is 2. The summed E-state index contributed by atoms with van der Waals surface area (Å²) in [6.45, 7) is 8.72. The standard InChI is InChI=1S/C17H24N2O2/c1-11(2)10-18-15(20)17(7-8-17)16(21)19-14-6-5-12(3)13(4)9-14/h5-6,9,11H,7-8,10H2,1-4H3,(H,18,20)(H,19,21). The van der Waals surface area contributed by atoms with Crippen LogP contribution in [-0.2, 0) is 9.59 Å². The molecule has 4 heteroatoms. The highest BCUT2D eigenvalue weighted by Gasteiger charge is 2.56. The van der Waals surface area contributed by atoms with Crippen molar-refractivity contribution in [2.45, 2.75) is 40.5 Å². The Hall–Kier alpha value is -1.84. The molecule has 1 aliphatic rings. The van der Waals surface area contributed by atoms with Crippen molar-refractivity contribution < 1.29 is 9.59 Å². The van der Waals surface area contributed by atoms with Crippen LogP contribution in [0.3, 0.4) is 0 Å². The monoisotopic (exact) mass is 288 g/mol. The van der Waals surface area contributed by atoms with Gasteiger partial charge >= 0.3 is 0 Å². The Balaban J connectivity index is 2.02. The van der Waals surface area contributed by atoms with Crippen LogP contribution in [0.1, 0.15) is 37.8 Å². The molecule has 2 N–H and O–H groups in total. The van der Waals surface area contributed by atoms with E-state index in [-0.39, 0.29) is 11.8 Å². The lowest BCUT2D eigenvalue weighted by atomic mass is 10.0. The van der Waals surface area contributed by atoms with Crippen molar-refractivity contribution in [2.75, 3.05) is 11.9 Å². The van der Waals surface area contributed by atoms with Gasteiger partial charge in [0, 0.05) is 12.2 Å². The van der Waals surface area contributed by atoms with Gasteiger partial charge in [0.25, 0.3) is 0 Å². The Bertz CT molecular complexity index is 560. The summed E-state index contributed by atoms with van der Waals surface area (Å²) in [6.07, 6.45) is 1.27. The molecule has 1 aromatic rings. The van der Waals surface area contributed by atoms with Crippen LogP contribution in [-0.4, -0.2) is 18.4 Å². The summed E-state index contributed by atoms with van der Waals surface area (Å²) < 4.78 is 0. The lowest BCUT2D eigenvalue weighted by molar-refractivity contribution is -0.134. The summed E-state index contributed by atoms with van der Waals surface area (Å²) in [7, 11) is 0. The minimum absolute atomic E-state index is 0.141. The van der Waals surface area contributed by atoms with Gasteiger partial charge in [-0.3, -0.25) is 9.59 Å². The zero-order valence-corrected chi connectivity index (χ0v) is 13.2. The summed E-state index contributed by atoms with van der Waals surface area (Å²) in [5.41, 5.74) is 2.21. The van der Waals surface area contributed by atoms with Gasteiger partial charge in [-0.2, -0.15) is 0 Å². The fourth-order valence-electron chi connectivity index (χ4n) is 2.22. The van der Waals surface area contributed by atoms with E-state index in [2.05, 4.69) is 10.6 Å². The van der Waals surface area contributed by atoms with E-state index >= 15 is 0 Å². The molecule has 1 saturated carbocycles. The predicted molar refractivity (Wildman–Crippen MR) is 84.1 cm³/mol.